The monoisotopic (exact) mass is 416 g/mol. The Hall–Kier alpha value is -0.440. The average Bonchev–Trinajstić information content (AvgIpc) is 2.73. The van der Waals surface area contributed by atoms with E-state index in [1.54, 1.807) is 0 Å². The molecular formula is C30H56. The van der Waals surface area contributed by atoms with Crippen molar-refractivity contribution in [3.63, 3.8) is 0 Å². The molecule has 0 spiro atoms. The highest BCUT2D eigenvalue weighted by atomic mass is 14.1. The van der Waals surface area contributed by atoms with Crippen LogP contribution in [-0.2, 0) is 0 Å². The molecule has 2 radical (unpaired) electrons. The van der Waals surface area contributed by atoms with E-state index >= 15 is 0 Å². The number of hydrogen-bond acceptors (Lipinski definition) is 0. The quantitative estimate of drug-likeness (QED) is 0.129. The summed E-state index contributed by atoms with van der Waals surface area (Å²) in [7, 11) is 0. The van der Waals surface area contributed by atoms with E-state index in [1.165, 1.54) is 96.3 Å². The minimum Gasteiger partial charge on any atom is -0.103 e. The summed E-state index contributed by atoms with van der Waals surface area (Å²) in [6, 6.07) is 0. The van der Waals surface area contributed by atoms with Crippen molar-refractivity contribution in [2.45, 2.75) is 149 Å². The van der Waals surface area contributed by atoms with Crippen molar-refractivity contribution >= 4 is 0 Å². The van der Waals surface area contributed by atoms with Gasteiger partial charge in [-0.05, 0) is 30.6 Å². The molecule has 0 rings (SSSR count). The van der Waals surface area contributed by atoms with Gasteiger partial charge < -0.3 is 0 Å². The van der Waals surface area contributed by atoms with Gasteiger partial charge in [-0.3, -0.25) is 0 Å². The summed E-state index contributed by atoms with van der Waals surface area (Å²) in [4.78, 5) is 0. The van der Waals surface area contributed by atoms with Crippen LogP contribution in [0.5, 0.6) is 0 Å². The summed E-state index contributed by atoms with van der Waals surface area (Å²) < 4.78 is 0. The minimum absolute atomic E-state index is 0.838. The summed E-state index contributed by atoms with van der Waals surface area (Å²) in [5, 5.41) is 0. The van der Waals surface area contributed by atoms with Crippen LogP contribution in [0.1, 0.15) is 149 Å². The van der Waals surface area contributed by atoms with Gasteiger partial charge in [-0.1, -0.05) is 137 Å². The maximum absolute atomic E-state index is 3.93. The lowest BCUT2D eigenvalue weighted by Crippen LogP contribution is -1.99. The fourth-order valence-electron chi connectivity index (χ4n) is 4.32. The molecule has 0 aromatic heterocycles. The van der Waals surface area contributed by atoms with Crippen LogP contribution in [0.25, 0.3) is 0 Å². The first-order valence-corrected chi connectivity index (χ1v) is 13.6. The second kappa shape index (κ2) is 23.2. The minimum atomic E-state index is 0.838. The first kappa shape index (κ1) is 29.6. The van der Waals surface area contributed by atoms with Crippen molar-refractivity contribution in [3.05, 3.63) is 13.8 Å². The topological polar surface area (TPSA) is 0 Å². The van der Waals surface area contributed by atoms with E-state index in [-0.39, 0.29) is 0 Å². The van der Waals surface area contributed by atoms with Gasteiger partial charge in [-0.25, -0.2) is 0 Å². The van der Waals surface area contributed by atoms with Crippen LogP contribution >= 0.6 is 0 Å². The predicted molar refractivity (Wildman–Crippen MR) is 138 cm³/mol. The van der Waals surface area contributed by atoms with Gasteiger partial charge in [0.2, 0.25) is 0 Å². The zero-order chi connectivity index (χ0) is 22.3. The average molecular weight is 417 g/mol. The Kier molecular flexibility index (Phi) is 22.9. The van der Waals surface area contributed by atoms with E-state index < -0.39 is 0 Å². The maximum Gasteiger partial charge on any atom is 0.00912 e. The summed E-state index contributed by atoms with van der Waals surface area (Å²) in [5.41, 5.74) is 0. The predicted octanol–water partition coefficient (Wildman–Crippen LogP) is 10.4. The van der Waals surface area contributed by atoms with Gasteiger partial charge in [-0.2, -0.15) is 0 Å². The maximum atomic E-state index is 3.93. The second-order valence-corrected chi connectivity index (χ2v) is 10.1. The lowest BCUT2D eigenvalue weighted by Gasteiger charge is -2.14. The van der Waals surface area contributed by atoms with Crippen LogP contribution in [-0.4, -0.2) is 0 Å². The summed E-state index contributed by atoms with van der Waals surface area (Å²) in [6.45, 7) is 15.1. The normalized spacial score (nSPS) is 14.2. The van der Waals surface area contributed by atoms with Gasteiger partial charge in [0.1, 0.15) is 0 Å². The van der Waals surface area contributed by atoms with Crippen LogP contribution in [0.2, 0.25) is 0 Å². The van der Waals surface area contributed by atoms with Crippen molar-refractivity contribution in [1.82, 2.24) is 0 Å². The van der Waals surface area contributed by atoms with Gasteiger partial charge >= 0.3 is 0 Å². The standard InChI is InChI=1S/C30H56/c1-6-8-10-12-14-18-24-29(4)26-21-27-30(5)25-20-16-13-15-19-23-28(3)22-17-11-9-7-2/h28-30H,1-2,6-11,13,15-27H2,3-5H3. The van der Waals surface area contributed by atoms with Crippen LogP contribution in [0.3, 0.4) is 0 Å². The number of hydrogen-bond donors (Lipinski definition) is 0. The highest BCUT2D eigenvalue weighted by molar-refractivity contribution is 4.98. The molecule has 0 aliphatic carbocycles. The van der Waals surface area contributed by atoms with Gasteiger partial charge in [0.25, 0.3) is 0 Å². The molecule has 0 nitrogen and oxygen atoms in total. The highest BCUT2D eigenvalue weighted by Crippen LogP contribution is 2.21. The molecule has 0 aromatic carbocycles. The molecule has 0 heterocycles. The van der Waals surface area contributed by atoms with Gasteiger partial charge in [0.05, 0.1) is 0 Å². The molecular weight excluding hydrogens is 360 g/mol. The smallest absolute Gasteiger partial charge is 0.00912 e. The molecule has 3 atom stereocenters. The molecule has 0 N–H and O–H groups in total. The zero-order valence-electron chi connectivity index (χ0n) is 21.3. The summed E-state index contributed by atoms with van der Waals surface area (Å²) in [5.74, 6) is 9.31. The van der Waals surface area contributed by atoms with E-state index in [2.05, 4.69) is 46.5 Å². The first-order valence-electron chi connectivity index (χ1n) is 13.6. The van der Waals surface area contributed by atoms with E-state index in [9.17, 15) is 0 Å². The van der Waals surface area contributed by atoms with E-state index in [0.29, 0.717) is 0 Å². The lowest BCUT2D eigenvalue weighted by atomic mass is 9.92. The fourth-order valence-corrected chi connectivity index (χ4v) is 4.32. The Morgan fingerprint density at radius 2 is 0.833 bits per heavy atom. The zero-order valence-corrected chi connectivity index (χ0v) is 21.3. The molecule has 0 saturated carbocycles. The number of rotatable bonds is 21. The fraction of sp³-hybridized carbons (Fsp3) is 0.867. The molecule has 3 unspecified atom stereocenters. The Morgan fingerprint density at radius 3 is 1.37 bits per heavy atom. The Balaban J connectivity index is 3.42. The second-order valence-electron chi connectivity index (χ2n) is 10.1. The van der Waals surface area contributed by atoms with E-state index in [4.69, 9.17) is 0 Å². The Morgan fingerprint density at radius 1 is 0.433 bits per heavy atom. The van der Waals surface area contributed by atoms with Crippen molar-refractivity contribution < 1.29 is 0 Å². The Bertz CT molecular complexity index is 385. The van der Waals surface area contributed by atoms with Crippen LogP contribution in [0, 0.1) is 43.4 Å². The third kappa shape index (κ3) is 22.2. The van der Waals surface area contributed by atoms with Crippen molar-refractivity contribution in [2.24, 2.45) is 17.8 Å². The molecule has 0 bridgehead atoms. The molecule has 0 saturated heterocycles. The molecule has 176 valence electrons. The SMILES string of the molecule is [CH2]CCCC#CCCC(C)CCCC(C)CCCCCCCC(C)CCCCC[CH2]. The first-order chi connectivity index (χ1) is 14.6. The molecule has 0 amide bonds. The van der Waals surface area contributed by atoms with Gasteiger partial charge in [0, 0.05) is 12.8 Å². The highest BCUT2D eigenvalue weighted by Gasteiger charge is 2.06. The molecule has 0 heteroatoms. The van der Waals surface area contributed by atoms with Crippen LogP contribution in [0.15, 0.2) is 0 Å². The van der Waals surface area contributed by atoms with Crippen LogP contribution in [0.4, 0.5) is 0 Å². The van der Waals surface area contributed by atoms with Crippen LogP contribution < -0.4 is 0 Å². The van der Waals surface area contributed by atoms with Crippen molar-refractivity contribution in [1.29, 1.82) is 0 Å². The molecule has 30 heavy (non-hydrogen) atoms. The van der Waals surface area contributed by atoms with E-state index in [1.807, 2.05) is 0 Å². The molecule has 0 aliphatic heterocycles. The molecule has 0 aromatic rings. The largest absolute Gasteiger partial charge is 0.103 e. The van der Waals surface area contributed by atoms with Crippen molar-refractivity contribution in [2.75, 3.05) is 0 Å². The molecule has 0 fully saturated rings. The number of unbranched alkanes of at least 4 members (excludes halogenated alkanes) is 9. The third-order valence-electron chi connectivity index (χ3n) is 6.67. The Labute approximate surface area is 192 Å². The van der Waals surface area contributed by atoms with Gasteiger partial charge in [-0.15, -0.1) is 11.8 Å². The van der Waals surface area contributed by atoms with Crippen molar-refractivity contribution in [3.8, 4) is 11.8 Å². The summed E-state index contributed by atoms with van der Waals surface area (Å²) >= 11 is 0. The van der Waals surface area contributed by atoms with E-state index in [0.717, 1.165) is 49.9 Å². The lowest BCUT2D eigenvalue weighted by molar-refractivity contribution is 0.398. The summed E-state index contributed by atoms with van der Waals surface area (Å²) in [6.07, 6.45) is 26.6. The third-order valence-corrected chi connectivity index (χ3v) is 6.67. The molecule has 0 aliphatic rings. The van der Waals surface area contributed by atoms with Gasteiger partial charge in [0.15, 0.2) is 0 Å².